The Morgan fingerprint density at radius 3 is 3.06 bits per heavy atom. The molecule has 1 aromatic carbocycles. The van der Waals surface area contributed by atoms with Gasteiger partial charge in [0.2, 0.25) is 0 Å². The second-order valence-corrected chi connectivity index (χ2v) is 5.07. The molecule has 0 bridgehead atoms. The van der Waals surface area contributed by atoms with Crippen molar-refractivity contribution in [3.63, 3.8) is 0 Å². The second kappa shape index (κ2) is 6.05. The summed E-state index contributed by atoms with van der Waals surface area (Å²) in [5.41, 5.74) is 3.98. The fourth-order valence-electron chi connectivity index (χ4n) is 2.45. The largest absolute Gasteiger partial charge is 0.493 e. The van der Waals surface area contributed by atoms with E-state index in [0.29, 0.717) is 6.04 Å². The highest BCUT2D eigenvalue weighted by Gasteiger charge is 2.16. The summed E-state index contributed by atoms with van der Waals surface area (Å²) in [5.74, 6) is 1.06. The summed E-state index contributed by atoms with van der Waals surface area (Å²) >= 11 is 0. The molecule has 98 valence electrons. The van der Waals surface area contributed by atoms with Crippen molar-refractivity contribution in [2.75, 3.05) is 13.2 Å². The Kier molecular flexibility index (Phi) is 4.43. The minimum Gasteiger partial charge on any atom is -0.493 e. The number of benzene rings is 1. The average molecular weight is 245 g/mol. The Bertz CT molecular complexity index is 425. The summed E-state index contributed by atoms with van der Waals surface area (Å²) < 4.78 is 5.56. The van der Waals surface area contributed by atoms with Gasteiger partial charge in [-0.1, -0.05) is 24.6 Å². The smallest absolute Gasteiger partial charge is 0.122 e. The van der Waals surface area contributed by atoms with Crippen molar-refractivity contribution in [3.8, 4) is 5.75 Å². The molecule has 0 radical (unpaired) electrons. The first-order valence-corrected chi connectivity index (χ1v) is 6.84. The van der Waals surface area contributed by atoms with Crippen molar-refractivity contribution in [3.05, 3.63) is 41.5 Å². The molecule has 1 aliphatic heterocycles. The molecule has 2 nitrogen and oxygen atoms in total. The van der Waals surface area contributed by atoms with Crippen LogP contribution in [0.3, 0.4) is 0 Å². The Hall–Kier alpha value is -1.28. The zero-order chi connectivity index (χ0) is 13.0. The maximum atomic E-state index is 5.56. The molecule has 1 unspecified atom stereocenters. The number of fused-ring (bicyclic) bond motifs is 1. The molecular formula is C16H23NO. The van der Waals surface area contributed by atoms with Crippen LogP contribution in [0.15, 0.2) is 30.4 Å². The van der Waals surface area contributed by atoms with Crippen molar-refractivity contribution >= 4 is 0 Å². The summed E-state index contributed by atoms with van der Waals surface area (Å²) in [7, 11) is 0. The van der Waals surface area contributed by atoms with Gasteiger partial charge in [-0.15, -0.1) is 6.58 Å². The summed E-state index contributed by atoms with van der Waals surface area (Å²) in [6.45, 7) is 10.1. The Morgan fingerprint density at radius 1 is 1.50 bits per heavy atom. The average Bonchev–Trinajstić information content (AvgIpc) is 2.81. The number of ether oxygens (including phenoxy) is 1. The fraction of sp³-hybridized carbons (Fsp3) is 0.500. The molecule has 2 rings (SSSR count). The first-order chi connectivity index (χ1) is 8.70. The van der Waals surface area contributed by atoms with Crippen LogP contribution < -0.4 is 10.1 Å². The van der Waals surface area contributed by atoms with Crippen molar-refractivity contribution in [2.24, 2.45) is 0 Å². The number of nitrogens with one attached hydrogen (secondary N) is 1. The van der Waals surface area contributed by atoms with Gasteiger partial charge in [-0.05, 0) is 43.5 Å². The van der Waals surface area contributed by atoms with E-state index in [1.807, 2.05) is 0 Å². The lowest BCUT2D eigenvalue weighted by Gasteiger charge is -2.19. The Morgan fingerprint density at radius 2 is 2.33 bits per heavy atom. The number of allylic oxidation sites excluding steroid dienone is 1. The van der Waals surface area contributed by atoms with E-state index < -0.39 is 0 Å². The third kappa shape index (κ3) is 3.14. The molecule has 1 atom stereocenters. The van der Waals surface area contributed by atoms with Crippen LogP contribution in [0, 0.1) is 0 Å². The van der Waals surface area contributed by atoms with Gasteiger partial charge in [-0.25, -0.2) is 0 Å². The Labute approximate surface area is 110 Å². The van der Waals surface area contributed by atoms with Gasteiger partial charge in [-0.2, -0.15) is 0 Å². The standard InChI is InChI=1S/C16H23NO/c1-4-17-15(7-5-12(2)3)13-6-8-16-14(11-13)9-10-18-16/h6,8,11,15,17H,2,4-5,7,9-10H2,1,3H3. The normalized spacial score (nSPS) is 15.0. The molecule has 18 heavy (non-hydrogen) atoms. The fourth-order valence-corrected chi connectivity index (χ4v) is 2.45. The van der Waals surface area contributed by atoms with Crippen LogP contribution >= 0.6 is 0 Å². The lowest BCUT2D eigenvalue weighted by molar-refractivity contribution is 0.356. The summed E-state index contributed by atoms with van der Waals surface area (Å²) in [6, 6.07) is 7.03. The first-order valence-electron chi connectivity index (χ1n) is 6.84. The predicted octanol–water partition coefficient (Wildman–Crippen LogP) is 3.63. The van der Waals surface area contributed by atoms with Gasteiger partial charge in [0.15, 0.2) is 0 Å². The third-order valence-electron chi connectivity index (χ3n) is 3.43. The van der Waals surface area contributed by atoms with Gasteiger partial charge in [0.25, 0.3) is 0 Å². The van der Waals surface area contributed by atoms with Gasteiger partial charge < -0.3 is 10.1 Å². The number of hydrogen-bond donors (Lipinski definition) is 1. The zero-order valence-electron chi connectivity index (χ0n) is 11.5. The van der Waals surface area contributed by atoms with Gasteiger partial charge in [0.05, 0.1) is 6.61 Å². The van der Waals surface area contributed by atoms with Crippen molar-refractivity contribution in [1.82, 2.24) is 5.32 Å². The molecule has 0 aliphatic carbocycles. The molecule has 0 spiro atoms. The second-order valence-electron chi connectivity index (χ2n) is 5.07. The molecule has 2 heteroatoms. The van der Waals surface area contributed by atoms with Crippen LogP contribution in [0.5, 0.6) is 5.75 Å². The molecule has 0 aromatic heterocycles. The van der Waals surface area contributed by atoms with Crippen molar-refractivity contribution in [1.29, 1.82) is 0 Å². The van der Waals surface area contributed by atoms with E-state index in [1.54, 1.807) is 0 Å². The quantitative estimate of drug-likeness (QED) is 0.773. The highest BCUT2D eigenvalue weighted by atomic mass is 16.5. The summed E-state index contributed by atoms with van der Waals surface area (Å²) in [6.07, 6.45) is 3.23. The topological polar surface area (TPSA) is 21.3 Å². The molecule has 0 saturated carbocycles. The number of hydrogen-bond acceptors (Lipinski definition) is 2. The van der Waals surface area contributed by atoms with Gasteiger partial charge >= 0.3 is 0 Å². The highest BCUT2D eigenvalue weighted by molar-refractivity contribution is 5.40. The van der Waals surface area contributed by atoms with E-state index in [2.05, 4.69) is 43.9 Å². The molecule has 1 aliphatic rings. The molecule has 1 aromatic rings. The lowest BCUT2D eigenvalue weighted by atomic mass is 9.97. The van der Waals surface area contributed by atoms with Crippen LogP contribution in [-0.2, 0) is 6.42 Å². The minimum atomic E-state index is 0.428. The minimum absolute atomic E-state index is 0.428. The molecule has 1 N–H and O–H groups in total. The molecule has 0 amide bonds. The summed E-state index contributed by atoms with van der Waals surface area (Å²) in [5, 5.41) is 3.56. The van der Waals surface area contributed by atoms with Crippen LogP contribution in [0.4, 0.5) is 0 Å². The SMILES string of the molecule is C=C(C)CCC(NCC)c1ccc2c(c1)CCO2. The highest BCUT2D eigenvalue weighted by Crippen LogP contribution is 2.29. The monoisotopic (exact) mass is 245 g/mol. The summed E-state index contributed by atoms with van der Waals surface area (Å²) in [4.78, 5) is 0. The maximum absolute atomic E-state index is 5.56. The third-order valence-corrected chi connectivity index (χ3v) is 3.43. The van der Waals surface area contributed by atoms with Crippen LogP contribution in [-0.4, -0.2) is 13.2 Å². The van der Waals surface area contributed by atoms with Gasteiger partial charge in [0, 0.05) is 12.5 Å². The van der Waals surface area contributed by atoms with Crippen LogP contribution in [0.25, 0.3) is 0 Å². The molecule has 1 heterocycles. The van der Waals surface area contributed by atoms with E-state index in [1.165, 1.54) is 16.7 Å². The Balaban J connectivity index is 2.11. The van der Waals surface area contributed by atoms with Crippen LogP contribution in [0.2, 0.25) is 0 Å². The first kappa shape index (κ1) is 13.2. The number of rotatable bonds is 6. The van der Waals surface area contributed by atoms with Crippen molar-refractivity contribution in [2.45, 2.75) is 39.2 Å². The predicted molar refractivity (Wildman–Crippen MR) is 76.1 cm³/mol. The molecule has 0 fully saturated rings. The van der Waals surface area contributed by atoms with E-state index in [9.17, 15) is 0 Å². The van der Waals surface area contributed by atoms with Crippen molar-refractivity contribution < 1.29 is 4.74 Å². The van der Waals surface area contributed by atoms with Crippen LogP contribution in [0.1, 0.15) is 43.9 Å². The maximum Gasteiger partial charge on any atom is 0.122 e. The zero-order valence-corrected chi connectivity index (χ0v) is 11.5. The molecule has 0 saturated heterocycles. The van der Waals surface area contributed by atoms with Gasteiger partial charge in [0.1, 0.15) is 5.75 Å². The molecular weight excluding hydrogens is 222 g/mol. The van der Waals surface area contributed by atoms with E-state index in [0.717, 1.165) is 38.2 Å². The van der Waals surface area contributed by atoms with Gasteiger partial charge in [-0.3, -0.25) is 0 Å². The van der Waals surface area contributed by atoms with E-state index >= 15 is 0 Å². The lowest BCUT2D eigenvalue weighted by Crippen LogP contribution is -2.21. The van der Waals surface area contributed by atoms with E-state index in [4.69, 9.17) is 4.74 Å². The van der Waals surface area contributed by atoms with E-state index in [-0.39, 0.29) is 0 Å².